The van der Waals surface area contributed by atoms with Crippen LogP contribution in [0.2, 0.25) is 0 Å². The third kappa shape index (κ3) is 3.35. The fourth-order valence-electron chi connectivity index (χ4n) is 3.36. The molecule has 26 heavy (non-hydrogen) atoms. The monoisotopic (exact) mass is 419 g/mol. The van der Waals surface area contributed by atoms with Crippen LogP contribution in [-0.2, 0) is 0 Å². The van der Waals surface area contributed by atoms with Gasteiger partial charge in [-0.1, -0.05) is 0 Å². The molecule has 2 aliphatic heterocycles. The van der Waals surface area contributed by atoms with E-state index >= 15 is 0 Å². The topological polar surface area (TPSA) is 69.0 Å². The normalized spacial score (nSPS) is 17.2. The summed E-state index contributed by atoms with van der Waals surface area (Å²) in [6.45, 7) is 2.10. The number of rotatable bonds is 3. The third-order valence-corrected chi connectivity index (χ3v) is 5.19. The Morgan fingerprint density at radius 1 is 1.00 bits per heavy atom. The molecule has 0 unspecified atom stereocenters. The first kappa shape index (κ1) is 17.1. The highest BCUT2D eigenvalue weighted by Crippen LogP contribution is 2.32. The number of ether oxygens (including phenoxy) is 2. The van der Waals surface area contributed by atoms with Crippen molar-refractivity contribution < 1.29 is 23.5 Å². The molecule has 136 valence electrons. The van der Waals surface area contributed by atoms with Crippen molar-refractivity contribution in [2.75, 3.05) is 26.3 Å². The van der Waals surface area contributed by atoms with Crippen LogP contribution < -0.4 is 9.47 Å². The van der Waals surface area contributed by atoms with Gasteiger partial charge in [-0.2, -0.15) is 0 Å². The van der Waals surface area contributed by atoms with Gasteiger partial charge in [-0.25, -0.2) is 0 Å². The fourth-order valence-corrected chi connectivity index (χ4v) is 3.67. The van der Waals surface area contributed by atoms with E-state index in [0.29, 0.717) is 66.6 Å². The highest BCUT2D eigenvalue weighted by atomic mass is 79.9. The van der Waals surface area contributed by atoms with Gasteiger partial charge in [0.25, 0.3) is 5.91 Å². The molecule has 0 saturated carbocycles. The van der Waals surface area contributed by atoms with Gasteiger partial charge in [0.2, 0.25) is 0 Å². The maximum Gasteiger partial charge on any atom is 0.289 e. The number of Topliss-reactive ketones (excluding diaryl/α,β-unsaturated/α-hetero) is 1. The van der Waals surface area contributed by atoms with Crippen molar-refractivity contribution in [1.29, 1.82) is 0 Å². The molecule has 3 heterocycles. The first-order chi connectivity index (χ1) is 12.6. The van der Waals surface area contributed by atoms with Crippen molar-refractivity contribution in [3.63, 3.8) is 0 Å². The van der Waals surface area contributed by atoms with Crippen LogP contribution in [0, 0.1) is 5.92 Å². The highest BCUT2D eigenvalue weighted by Gasteiger charge is 2.30. The van der Waals surface area contributed by atoms with Crippen molar-refractivity contribution in [2.24, 2.45) is 5.92 Å². The van der Waals surface area contributed by atoms with Gasteiger partial charge in [-0.15, -0.1) is 0 Å². The number of benzene rings is 1. The fraction of sp³-hybridized carbons (Fsp3) is 0.368. The molecule has 0 N–H and O–H groups in total. The number of piperidine rings is 1. The average molecular weight is 420 g/mol. The Bertz CT molecular complexity index is 838. The van der Waals surface area contributed by atoms with Gasteiger partial charge in [0.15, 0.2) is 27.7 Å². The van der Waals surface area contributed by atoms with Gasteiger partial charge in [0.1, 0.15) is 13.2 Å². The molecule has 0 radical (unpaired) electrons. The predicted octanol–water partition coefficient (Wildman–Crippen LogP) is 3.55. The molecule has 1 amide bonds. The minimum Gasteiger partial charge on any atom is -0.486 e. The largest absolute Gasteiger partial charge is 0.486 e. The minimum atomic E-state index is -0.138. The molecule has 6 nitrogen and oxygen atoms in total. The Morgan fingerprint density at radius 3 is 2.42 bits per heavy atom. The summed E-state index contributed by atoms with van der Waals surface area (Å²) in [6, 6.07) is 8.68. The number of hydrogen-bond donors (Lipinski definition) is 0. The van der Waals surface area contributed by atoms with E-state index in [9.17, 15) is 9.59 Å². The lowest BCUT2D eigenvalue weighted by Gasteiger charge is -2.31. The van der Waals surface area contributed by atoms with Gasteiger partial charge in [0.05, 0.1) is 0 Å². The van der Waals surface area contributed by atoms with Crippen LogP contribution in [0.1, 0.15) is 33.8 Å². The van der Waals surface area contributed by atoms with Gasteiger partial charge in [0, 0.05) is 24.6 Å². The molecule has 1 fully saturated rings. The minimum absolute atomic E-state index is 0.0924. The predicted molar refractivity (Wildman–Crippen MR) is 96.8 cm³/mol. The zero-order chi connectivity index (χ0) is 18.1. The van der Waals surface area contributed by atoms with Crippen molar-refractivity contribution in [3.8, 4) is 11.5 Å². The van der Waals surface area contributed by atoms with Crippen LogP contribution in [-0.4, -0.2) is 42.9 Å². The van der Waals surface area contributed by atoms with Crippen LogP contribution in [0.3, 0.4) is 0 Å². The summed E-state index contributed by atoms with van der Waals surface area (Å²) in [7, 11) is 0. The lowest BCUT2D eigenvalue weighted by Crippen LogP contribution is -2.40. The molecule has 1 aromatic heterocycles. The number of carbonyl (C=O) groups excluding carboxylic acids is 2. The Hall–Kier alpha value is -2.28. The highest BCUT2D eigenvalue weighted by molar-refractivity contribution is 9.10. The van der Waals surface area contributed by atoms with E-state index < -0.39 is 0 Å². The van der Waals surface area contributed by atoms with Crippen LogP contribution in [0.5, 0.6) is 11.5 Å². The molecule has 4 rings (SSSR count). The number of fused-ring (bicyclic) bond motifs is 1. The lowest BCUT2D eigenvalue weighted by atomic mass is 9.88. The molecule has 2 aromatic rings. The van der Waals surface area contributed by atoms with Crippen molar-refractivity contribution >= 4 is 27.6 Å². The quantitative estimate of drug-likeness (QED) is 0.711. The first-order valence-electron chi connectivity index (χ1n) is 8.60. The molecule has 2 aliphatic rings. The second-order valence-electron chi connectivity index (χ2n) is 6.39. The van der Waals surface area contributed by atoms with E-state index in [1.165, 1.54) is 0 Å². The van der Waals surface area contributed by atoms with E-state index in [-0.39, 0.29) is 17.6 Å². The molecule has 0 aliphatic carbocycles. The number of furan rings is 1. The van der Waals surface area contributed by atoms with Gasteiger partial charge in [-0.3, -0.25) is 9.59 Å². The Labute approximate surface area is 159 Å². The van der Waals surface area contributed by atoms with Crippen molar-refractivity contribution in [2.45, 2.75) is 12.8 Å². The van der Waals surface area contributed by atoms with Crippen molar-refractivity contribution in [3.05, 3.63) is 46.3 Å². The van der Waals surface area contributed by atoms with Crippen LogP contribution in [0.25, 0.3) is 0 Å². The zero-order valence-electron chi connectivity index (χ0n) is 14.1. The van der Waals surface area contributed by atoms with E-state index in [0.717, 1.165) is 0 Å². The van der Waals surface area contributed by atoms with Gasteiger partial charge >= 0.3 is 0 Å². The molecule has 0 spiro atoms. The number of carbonyl (C=O) groups is 2. The van der Waals surface area contributed by atoms with E-state index in [2.05, 4.69) is 15.9 Å². The summed E-state index contributed by atoms with van der Waals surface area (Å²) >= 11 is 3.20. The van der Waals surface area contributed by atoms with E-state index in [1.54, 1.807) is 35.2 Å². The Morgan fingerprint density at radius 2 is 1.73 bits per heavy atom. The SMILES string of the molecule is O=C(c1ccc2c(c1)OCCO2)C1CCN(C(=O)c2ccc(Br)o2)CC1. The van der Waals surface area contributed by atoms with Crippen molar-refractivity contribution in [1.82, 2.24) is 4.90 Å². The molecule has 0 atom stereocenters. The summed E-state index contributed by atoms with van der Waals surface area (Å²) in [5.74, 6) is 1.48. The Balaban J connectivity index is 1.40. The number of amides is 1. The average Bonchev–Trinajstić information content (AvgIpc) is 3.13. The number of likely N-dealkylation sites (tertiary alicyclic amines) is 1. The number of nitrogens with zero attached hydrogens (tertiary/aromatic N) is 1. The smallest absolute Gasteiger partial charge is 0.289 e. The lowest BCUT2D eigenvalue weighted by molar-refractivity contribution is 0.0623. The van der Waals surface area contributed by atoms with E-state index in [1.807, 2.05) is 0 Å². The van der Waals surface area contributed by atoms with Crippen LogP contribution in [0.15, 0.2) is 39.4 Å². The summed E-state index contributed by atoms with van der Waals surface area (Å²) < 4.78 is 16.9. The van der Waals surface area contributed by atoms with Gasteiger partial charge in [-0.05, 0) is 59.1 Å². The molecule has 1 aromatic carbocycles. The number of hydrogen-bond acceptors (Lipinski definition) is 5. The van der Waals surface area contributed by atoms with E-state index in [4.69, 9.17) is 13.9 Å². The third-order valence-electron chi connectivity index (χ3n) is 4.76. The molecular formula is C19H18BrNO5. The first-order valence-corrected chi connectivity index (χ1v) is 9.39. The second-order valence-corrected chi connectivity index (χ2v) is 7.17. The maximum atomic E-state index is 12.8. The molecule has 1 saturated heterocycles. The van der Waals surface area contributed by atoms with Gasteiger partial charge < -0.3 is 18.8 Å². The van der Waals surface area contributed by atoms with Crippen LogP contribution >= 0.6 is 15.9 Å². The summed E-state index contributed by atoms with van der Waals surface area (Å²) in [4.78, 5) is 27.0. The standard InChI is InChI=1S/C19H18BrNO5/c20-17-4-3-15(26-17)19(23)21-7-5-12(6-8-21)18(22)13-1-2-14-16(11-13)25-10-9-24-14/h1-4,11-12H,5-10H2. The Kier molecular flexibility index (Phi) is 4.72. The molecular weight excluding hydrogens is 402 g/mol. The van der Waals surface area contributed by atoms with Crippen LogP contribution in [0.4, 0.5) is 0 Å². The molecule has 0 bridgehead atoms. The molecule has 7 heteroatoms. The second kappa shape index (κ2) is 7.15. The summed E-state index contributed by atoms with van der Waals surface area (Å²) in [5, 5.41) is 0. The summed E-state index contributed by atoms with van der Waals surface area (Å²) in [6.07, 6.45) is 1.28. The maximum absolute atomic E-state index is 12.8. The summed E-state index contributed by atoms with van der Waals surface area (Å²) in [5.41, 5.74) is 0.633. The number of ketones is 1. The number of halogens is 1. The zero-order valence-corrected chi connectivity index (χ0v) is 15.7.